The molecule has 0 saturated carbocycles. The van der Waals surface area contributed by atoms with Crippen LogP contribution in [0.3, 0.4) is 0 Å². The summed E-state index contributed by atoms with van der Waals surface area (Å²) in [6.07, 6.45) is 4.19. The Kier molecular flexibility index (Phi) is 4.80. The Labute approximate surface area is 124 Å². The summed E-state index contributed by atoms with van der Waals surface area (Å²) in [5, 5.41) is 4.46. The number of hydrogen-bond acceptors (Lipinski definition) is 3. The van der Waals surface area contributed by atoms with Crippen LogP contribution in [0.2, 0.25) is 10.0 Å². The Bertz CT molecular complexity index is 531. The van der Waals surface area contributed by atoms with Gasteiger partial charge in [-0.25, -0.2) is 9.97 Å². The summed E-state index contributed by atoms with van der Waals surface area (Å²) in [5.41, 5.74) is 1.05. The van der Waals surface area contributed by atoms with E-state index in [-0.39, 0.29) is 0 Å². The van der Waals surface area contributed by atoms with Gasteiger partial charge < -0.3 is 5.32 Å². The van der Waals surface area contributed by atoms with E-state index >= 15 is 0 Å². The minimum absolute atomic E-state index is 0.600. The molecule has 0 saturated heterocycles. The van der Waals surface area contributed by atoms with E-state index in [2.05, 4.69) is 31.2 Å². The fourth-order valence-electron chi connectivity index (χ4n) is 1.44. The molecule has 1 aromatic carbocycles. The second-order valence-electron chi connectivity index (χ2n) is 3.64. The largest absolute Gasteiger partial charge is 0.354 e. The molecule has 0 atom stereocenters. The zero-order valence-corrected chi connectivity index (χ0v) is 12.4. The van der Waals surface area contributed by atoms with Gasteiger partial charge in [-0.2, -0.15) is 0 Å². The summed E-state index contributed by atoms with van der Waals surface area (Å²) in [6.45, 7) is 0.711. The maximum absolute atomic E-state index is 6.08. The van der Waals surface area contributed by atoms with Crippen LogP contribution in [0, 0.1) is 0 Å². The van der Waals surface area contributed by atoms with Crippen molar-refractivity contribution in [1.82, 2.24) is 9.97 Å². The quantitative estimate of drug-likeness (QED) is 0.901. The minimum Gasteiger partial charge on any atom is -0.354 e. The van der Waals surface area contributed by atoms with E-state index in [1.807, 2.05) is 12.1 Å². The molecule has 1 heterocycles. The van der Waals surface area contributed by atoms with E-state index in [1.165, 1.54) is 0 Å². The van der Waals surface area contributed by atoms with Gasteiger partial charge in [0.05, 0.1) is 4.47 Å². The topological polar surface area (TPSA) is 37.8 Å². The van der Waals surface area contributed by atoms with E-state index in [0.717, 1.165) is 16.5 Å². The van der Waals surface area contributed by atoms with Gasteiger partial charge in [0.2, 0.25) is 5.95 Å². The zero-order chi connectivity index (χ0) is 13.0. The number of nitrogens with zero attached hydrogens (tertiary/aromatic N) is 2. The van der Waals surface area contributed by atoms with Gasteiger partial charge in [0, 0.05) is 29.0 Å². The van der Waals surface area contributed by atoms with Crippen LogP contribution in [0.4, 0.5) is 5.95 Å². The van der Waals surface area contributed by atoms with Gasteiger partial charge in [-0.1, -0.05) is 29.3 Å². The van der Waals surface area contributed by atoms with E-state index in [1.54, 1.807) is 18.5 Å². The Hall–Kier alpha value is -0.840. The van der Waals surface area contributed by atoms with Crippen LogP contribution in [-0.2, 0) is 6.42 Å². The number of hydrogen-bond donors (Lipinski definition) is 1. The number of halogens is 3. The summed E-state index contributed by atoms with van der Waals surface area (Å²) >= 11 is 15.2. The van der Waals surface area contributed by atoms with Crippen molar-refractivity contribution in [2.24, 2.45) is 0 Å². The maximum Gasteiger partial charge on any atom is 0.222 e. The summed E-state index contributed by atoms with van der Waals surface area (Å²) in [5.74, 6) is 0.600. The monoisotopic (exact) mass is 345 g/mol. The number of rotatable bonds is 4. The van der Waals surface area contributed by atoms with Gasteiger partial charge in [-0.3, -0.25) is 0 Å². The van der Waals surface area contributed by atoms with Gasteiger partial charge in [0.25, 0.3) is 0 Å². The molecule has 0 radical (unpaired) electrons. The van der Waals surface area contributed by atoms with Crippen molar-refractivity contribution in [3.8, 4) is 0 Å². The number of nitrogens with one attached hydrogen (secondary N) is 1. The fourth-order valence-corrected chi connectivity index (χ4v) is 2.14. The standard InChI is InChI=1S/C12H10BrCl2N3/c13-9-6-17-12(18-7-9)16-4-3-8-1-2-10(14)5-11(8)15/h1-2,5-7H,3-4H2,(H,16,17,18). The van der Waals surface area contributed by atoms with Crippen molar-refractivity contribution < 1.29 is 0 Å². The van der Waals surface area contributed by atoms with Crippen LogP contribution >= 0.6 is 39.1 Å². The molecule has 1 N–H and O–H groups in total. The van der Waals surface area contributed by atoms with Crippen molar-refractivity contribution in [3.05, 3.63) is 50.7 Å². The molecule has 0 aliphatic rings. The summed E-state index contributed by atoms with van der Waals surface area (Å²) in [6, 6.07) is 5.50. The molecule has 3 nitrogen and oxygen atoms in total. The van der Waals surface area contributed by atoms with E-state index in [4.69, 9.17) is 23.2 Å². The number of benzene rings is 1. The first-order valence-electron chi connectivity index (χ1n) is 5.30. The molecule has 0 spiro atoms. The third-order valence-corrected chi connectivity index (χ3v) is 3.31. The molecule has 0 aliphatic carbocycles. The van der Waals surface area contributed by atoms with Crippen LogP contribution in [-0.4, -0.2) is 16.5 Å². The van der Waals surface area contributed by atoms with Gasteiger partial charge >= 0.3 is 0 Å². The smallest absolute Gasteiger partial charge is 0.222 e. The molecule has 0 aliphatic heterocycles. The summed E-state index contributed by atoms with van der Waals surface area (Å²) < 4.78 is 0.855. The molecule has 0 unspecified atom stereocenters. The highest BCUT2D eigenvalue weighted by Crippen LogP contribution is 2.21. The van der Waals surface area contributed by atoms with Crippen molar-refractivity contribution in [2.45, 2.75) is 6.42 Å². The normalized spacial score (nSPS) is 10.4. The third kappa shape index (κ3) is 3.83. The molecule has 18 heavy (non-hydrogen) atoms. The first-order valence-corrected chi connectivity index (χ1v) is 6.85. The molecule has 0 bridgehead atoms. The van der Waals surface area contributed by atoms with Gasteiger partial charge in [-0.15, -0.1) is 0 Å². The predicted octanol–water partition coefficient (Wildman–Crippen LogP) is 4.20. The third-order valence-electron chi connectivity index (χ3n) is 2.31. The SMILES string of the molecule is Clc1ccc(CCNc2ncc(Br)cn2)c(Cl)c1. The lowest BCUT2D eigenvalue weighted by molar-refractivity contribution is 0.982. The molecule has 0 amide bonds. The van der Waals surface area contributed by atoms with Crippen molar-refractivity contribution in [3.63, 3.8) is 0 Å². The van der Waals surface area contributed by atoms with Crippen LogP contribution in [0.15, 0.2) is 35.1 Å². The average molecular weight is 347 g/mol. The second kappa shape index (κ2) is 6.36. The van der Waals surface area contributed by atoms with Gasteiger partial charge in [0.15, 0.2) is 0 Å². The lowest BCUT2D eigenvalue weighted by atomic mass is 10.1. The van der Waals surface area contributed by atoms with Crippen LogP contribution in [0.5, 0.6) is 0 Å². The van der Waals surface area contributed by atoms with Crippen molar-refractivity contribution in [2.75, 3.05) is 11.9 Å². The molecule has 0 fully saturated rings. The van der Waals surface area contributed by atoms with Crippen LogP contribution in [0.25, 0.3) is 0 Å². The molecule has 2 rings (SSSR count). The van der Waals surface area contributed by atoms with Crippen molar-refractivity contribution >= 4 is 45.1 Å². The fraction of sp³-hybridized carbons (Fsp3) is 0.167. The molecule has 2 aromatic rings. The predicted molar refractivity (Wildman–Crippen MR) is 78.4 cm³/mol. The zero-order valence-electron chi connectivity index (χ0n) is 9.33. The molecule has 94 valence electrons. The Balaban J connectivity index is 1.90. The summed E-state index contributed by atoms with van der Waals surface area (Å²) in [7, 11) is 0. The second-order valence-corrected chi connectivity index (χ2v) is 5.40. The molecular weight excluding hydrogens is 337 g/mol. The minimum atomic E-state index is 0.600. The number of anilines is 1. The highest BCUT2D eigenvalue weighted by atomic mass is 79.9. The lowest BCUT2D eigenvalue weighted by Crippen LogP contribution is -2.07. The number of aromatic nitrogens is 2. The highest BCUT2D eigenvalue weighted by Gasteiger charge is 2.01. The van der Waals surface area contributed by atoms with E-state index < -0.39 is 0 Å². The maximum atomic E-state index is 6.08. The van der Waals surface area contributed by atoms with Gasteiger partial charge in [0.1, 0.15) is 0 Å². The summed E-state index contributed by atoms with van der Waals surface area (Å²) in [4.78, 5) is 8.25. The van der Waals surface area contributed by atoms with Crippen LogP contribution in [0.1, 0.15) is 5.56 Å². The first-order chi connectivity index (χ1) is 8.65. The van der Waals surface area contributed by atoms with Crippen LogP contribution < -0.4 is 5.32 Å². The Morgan fingerprint density at radius 1 is 1.17 bits per heavy atom. The van der Waals surface area contributed by atoms with Gasteiger partial charge in [-0.05, 0) is 40.0 Å². The van der Waals surface area contributed by atoms with E-state index in [9.17, 15) is 0 Å². The molecule has 6 heteroatoms. The molecular formula is C12H10BrCl2N3. The average Bonchev–Trinajstić information content (AvgIpc) is 2.34. The highest BCUT2D eigenvalue weighted by molar-refractivity contribution is 9.10. The Morgan fingerprint density at radius 3 is 2.56 bits per heavy atom. The molecule has 1 aromatic heterocycles. The first kappa shape index (κ1) is 13.6. The lowest BCUT2D eigenvalue weighted by Gasteiger charge is -2.06. The van der Waals surface area contributed by atoms with E-state index in [0.29, 0.717) is 22.5 Å². The van der Waals surface area contributed by atoms with Crippen molar-refractivity contribution in [1.29, 1.82) is 0 Å². The Morgan fingerprint density at radius 2 is 1.89 bits per heavy atom.